The van der Waals surface area contributed by atoms with E-state index in [1.165, 1.54) is 0 Å². The molecule has 148 valence electrons. The van der Waals surface area contributed by atoms with Crippen molar-refractivity contribution >= 4 is 39.7 Å². The van der Waals surface area contributed by atoms with Gasteiger partial charge in [-0.15, -0.1) is 6.58 Å². The number of aryl methyl sites for hydroxylation is 1. The molecule has 0 saturated carbocycles. The number of carbonyl (C=O) groups excluding carboxylic acids is 1. The molecule has 5 heteroatoms. The molecule has 1 amide bonds. The quantitative estimate of drug-likeness (QED) is 0.395. The first-order valence-electron chi connectivity index (χ1n) is 9.54. The van der Waals surface area contributed by atoms with Crippen LogP contribution < -0.4 is 16.0 Å². The van der Waals surface area contributed by atoms with Gasteiger partial charge in [0.25, 0.3) is 5.91 Å². The first-order valence-corrected chi connectivity index (χ1v) is 9.95. The second-order valence-corrected chi connectivity index (χ2v) is 7.33. The molecular formula is C24H25N3OS. The maximum absolute atomic E-state index is 13.0. The van der Waals surface area contributed by atoms with Crippen molar-refractivity contribution in [1.82, 2.24) is 10.6 Å². The number of nitrogens with one attached hydrogen (secondary N) is 3. The topological polar surface area (TPSA) is 53.2 Å². The molecule has 0 saturated heterocycles. The van der Waals surface area contributed by atoms with E-state index in [-0.39, 0.29) is 11.9 Å². The van der Waals surface area contributed by atoms with Crippen molar-refractivity contribution in [3.63, 3.8) is 0 Å². The summed E-state index contributed by atoms with van der Waals surface area (Å²) < 4.78 is 0. The van der Waals surface area contributed by atoms with E-state index in [1.54, 1.807) is 6.08 Å². The van der Waals surface area contributed by atoms with Gasteiger partial charge in [-0.1, -0.05) is 54.6 Å². The van der Waals surface area contributed by atoms with Crippen molar-refractivity contribution in [1.29, 1.82) is 0 Å². The Kier molecular flexibility index (Phi) is 6.62. The monoisotopic (exact) mass is 403 g/mol. The minimum Gasteiger partial charge on any atom is -0.359 e. The molecule has 0 aliphatic rings. The third-order valence-corrected chi connectivity index (χ3v) is 5.03. The molecule has 0 radical (unpaired) electrons. The van der Waals surface area contributed by atoms with E-state index in [4.69, 9.17) is 12.2 Å². The molecular weight excluding hydrogens is 378 g/mol. The van der Waals surface area contributed by atoms with Crippen molar-refractivity contribution in [2.75, 3.05) is 11.9 Å². The molecule has 0 aromatic heterocycles. The fourth-order valence-corrected chi connectivity index (χ4v) is 3.47. The Bertz CT molecular complexity index is 1060. The van der Waals surface area contributed by atoms with Crippen LogP contribution in [0.15, 0.2) is 73.3 Å². The lowest BCUT2D eigenvalue weighted by atomic mass is 9.99. The lowest BCUT2D eigenvalue weighted by Gasteiger charge is -2.18. The number of hydrogen-bond donors (Lipinski definition) is 3. The summed E-state index contributed by atoms with van der Waals surface area (Å²) in [5, 5.41) is 12.0. The van der Waals surface area contributed by atoms with Crippen LogP contribution >= 0.6 is 12.2 Å². The Hall–Kier alpha value is -3.18. The first kappa shape index (κ1) is 20.6. The lowest BCUT2D eigenvalue weighted by molar-refractivity contribution is 0.0939. The summed E-state index contributed by atoms with van der Waals surface area (Å²) in [6.45, 7) is 8.17. The van der Waals surface area contributed by atoms with Gasteiger partial charge in [-0.3, -0.25) is 4.79 Å². The van der Waals surface area contributed by atoms with Gasteiger partial charge in [0, 0.05) is 17.8 Å². The van der Waals surface area contributed by atoms with Crippen LogP contribution in [0.2, 0.25) is 0 Å². The average Bonchev–Trinajstić information content (AvgIpc) is 2.73. The standard InChI is InChI=1S/C24H25N3OS/c1-4-14-25-24(29)27-19-13-12-16(2)22(15-19)23(28)26-17(3)20-11-7-9-18-8-5-6-10-21(18)20/h4-13,15,17H,1,14H2,2-3H3,(H,26,28)(H2,25,27,29)/t17-/m1/s1. The second kappa shape index (κ2) is 9.34. The van der Waals surface area contributed by atoms with Crippen LogP contribution in [0.1, 0.15) is 34.5 Å². The van der Waals surface area contributed by atoms with Gasteiger partial charge in [-0.25, -0.2) is 0 Å². The largest absolute Gasteiger partial charge is 0.359 e. The van der Waals surface area contributed by atoms with Crippen LogP contribution in [0, 0.1) is 6.92 Å². The van der Waals surface area contributed by atoms with Crippen LogP contribution in [0.3, 0.4) is 0 Å². The van der Waals surface area contributed by atoms with E-state index >= 15 is 0 Å². The van der Waals surface area contributed by atoms with E-state index in [2.05, 4.69) is 46.8 Å². The van der Waals surface area contributed by atoms with Crippen molar-refractivity contribution in [2.24, 2.45) is 0 Å². The number of amides is 1. The summed E-state index contributed by atoms with van der Waals surface area (Å²) in [5.74, 6) is -0.114. The highest BCUT2D eigenvalue weighted by Crippen LogP contribution is 2.25. The van der Waals surface area contributed by atoms with Crippen LogP contribution in [-0.2, 0) is 0 Å². The molecule has 29 heavy (non-hydrogen) atoms. The second-order valence-electron chi connectivity index (χ2n) is 6.92. The molecule has 1 atom stereocenters. The van der Waals surface area contributed by atoms with Crippen molar-refractivity contribution in [3.05, 3.63) is 90.0 Å². The average molecular weight is 404 g/mol. The number of benzene rings is 3. The SMILES string of the molecule is C=CCNC(=S)Nc1ccc(C)c(C(=O)N[C@H](C)c2cccc3ccccc23)c1. The molecule has 3 N–H and O–H groups in total. The van der Waals surface area contributed by atoms with Crippen LogP contribution in [0.5, 0.6) is 0 Å². The predicted octanol–water partition coefficient (Wildman–Crippen LogP) is 5.11. The third kappa shape index (κ3) is 5.00. The minimum atomic E-state index is -0.125. The Morgan fingerprint density at radius 2 is 1.90 bits per heavy atom. The molecule has 0 bridgehead atoms. The van der Waals surface area contributed by atoms with Crippen LogP contribution in [0.4, 0.5) is 5.69 Å². The highest BCUT2D eigenvalue weighted by atomic mass is 32.1. The highest BCUT2D eigenvalue weighted by molar-refractivity contribution is 7.80. The number of carbonyl (C=O) groups is 1. The van der Waals surface area contributed by atoms with Crippen molar-refractivity contribution in [3.8, 4) is 0 Å². The van der Waals surface area contributed by atoms with Gasteiger partial charge in [0.2, 0.25) is 0 Å². The molecule has 0 aliphatic heterocycles. The molecule has 4 nitrogen and oxygen atoms in total. The molecule has 0 heterocycles. The molecule has 3 aromatic rings. The molecule has 3 rings (SSSR count). The maximum atomic E-state index is 13.0. The fourth-order valence-electron chi connectivity index (χ4n) is 3.26. The normalized spacial score (nSPS) is 11.5. The number of thiocarbonyl (C=S) groups is 1. The molecule has 0 aliphatic carbocycles. The summed E-state index contributed by atoms with van der Waals surface area (Å²) in [6.07, 6.45) is 1.73. The zero-order chi connectivity index (χ0) is 20.8. The zero-order valence-electron chi connectivity index (χ0n) is 16.7. The summed E-state index contributed by atoms with van der Waals surface area (Å²) >= 11 is 5.25. The van der Waals surface area contributed by atoms with Crippen LogP contribution in [0.25, 0.3) is 10.8 Å². The van der Waals surface area contributed by atoms with Crippen molar-refractivity contribution in [2.45, 2.75) is 19.9 Å². The Morgan fingerprint density at radius 3 is 2.69 bits per heavy atom. The molecule has 0 unspecified atom stereocenters. The minimum absolute atomic E-state index is 0.114. The van der Waals surface area contributed by atoms with Crippen LogP contribution in [-0.4, -0.2) is 17.6 Å². The Balaban J connectivity index is 1.78. The summed E-state index contributed by atoms with van der Waals surface area (Å²) in [6, 6.07) is 19.9. The molecule has 0 spiro atoms. The van der Waals surface area contributed by atoms with Gasteiger partial charge < -0.3 is 16.0 Å². The lowest BCUT2D eigenvalue weighted by Crippen LogP contribution is -2.29. The van der Waals surface area contributed by atoms with Gasteiger partial charge in [-0.2, -0.15) is 0 Å². The van der Waals surface area contributed by atoms with E-state index in [1.807, 2.05) is 50.2 Å². The number of hydrogen-bond acceptors (Lipinski definition) is 2. The van der Waals surface area contributed by atoms with Gasteiger partial charge in [-0.05, 0) is 60.1 Å². The molecule has 0 fully saturated rings. The van der Waals surface area contributed by atoms with E-state index in [9.17, 15) is 4.79 Å². The molecule has 3 aromatic carbocycles. The van der Waals surface area contributed by atoms with E-state index in [0.29, 0.717) is 17.2 Å². The van der Waals surface area contributed by atoms with E-state index < -0.39 is 0 Å². The summed E-state index contributed by atoms with van der Waals surface area (Å²) in [7, 11) is 0. The summed E-state index contributed by atoms with van der Waals surface area (Å²) in [4.78, 5) is 13.0. The summed E-state index contributed by atoms with van der Waals surface area (Å²) in [5.41, 5.74) is 3.38. The Labute approximate surface area is 177 Å². The van der Waals surface area contributed by atoms with Gasteiger partial charge >= 0.3 is 0 Å². The number of fused-ring (bicyclic) bond motifs is 1. The smallest absolute Gasteiger partial charge is 0.252 e. The van der Waals surface area contributed by atoms with E-state index in [0.717, 1.165) is 27.6 Å². The number of rotatable bonds is 6. The van der Waals surface area contributed by atoms with Crippen molar-refractivity contribution < 1.29 is 4.79 Å². The fraction of sp³-hybridized carbons (Fsp3) is 0.167. The predicted molar refractivity (Wildman–Crippen MR) is 125 cm³/mol. The first-order chi connectivity index (χ1) is 14.0. The maximum Gasteiger partial charge on any atom is 0.252 e. The number of anilines is 1. The third-order valence-electron chi connectivity index (χ3n) is 4.78. The van der Waals surface area contributed by atoms with Gasteiger partial charge in [0.1, 0.15) is 0 Å². The van der Waals surface area contributed by atoms with Gasteiger partial charge in [0.15, 0.2) is 5.11 Å². The highest BCUT2D eigenvalue weighted by Gasteiger charge is 2.16. The zero-order valence-corrected chi connectivity index (χ0v) is 17.5. The Morgan fingerprint density at radius 1 is 1.14 bits per heavy atom. The van der Waals surface area contributed by atoms with Gasteiger partial charge in [0.05, 0.1) is 6.04 Å².